The fourth-order valence-electron chi connectivity index (χ4n) is 2.94. The molecular formula is C14H23N3O2. The molecule has 5 nitrogen and oxygen atoms in total. The zero-order valence-corrected chi connectivity index (χ0v) is 11.4. The van der Waals surface area contributed by atoms with Gasteiger partial charge in [0.25, 0.3) is 0 Å². The van der Waals surface area contributed by atoms with E-state index in [-0.39, 0.29) is 0 Å². The van der Waals surface area contributed by atoms with Crippen LogP contribution in [-0.2, 0) is 11.2 Å². The van der Waals surface area contributed by atoms with Gasteiger partial charge in [0.15, 0.2) is 5.82 Å². The monoisotopic (exact) mass is 265 g/mol. The van der Waals surface area contributed by atoms with E-state index in [1.165, 1.54) is 19.3 Å². The van der Waals surface area contributed by atoms with E-state index >= 15 is 0 Å². The first kappa shape index (κ1) is 13.1. The number of aryl methyl sites for hydroxylation is 1. The van der Waals surface area contributed by atoms with Crippen LogP contribution in [0.2, 0.25) is 0 Å². The normalized spacial score (nSPS) is 25.6. The second-order valence-electron chi connectivity index (χ2n) is 5.60. The molecule has 3 rings (SSSR count). The number of hydrogen-bond donors (Lipinski definition) is 1. The van der Waals surface area contributed by atoms with Crippen LogP contribution in [0.15, 0.2) is 4.52 Å². The topological polar surface area (TPSA) is 60.2 Å². The van der Waals surface area contributed by atoms with Gasteiger partial charge < -0.3 is 14.6 Å². The molecule has 0 aliphatic carbocycles. The van der Waals surface area contributed by atoms with Crippen molar-refractivity contribution < 1.29 is 9.26 Å². The van der Waals surface area contributed by atoms with Crippen molar-refractivity contribution >= 4 is 0 Å². The molecule has 2 saturated heterocycles. The molecule has 0 radical (unpaired) electrons. The van der Waals surface area contributed by atoms with E-state index in [2.05, 4.69) is 15.5 Å². The Morgan fingerprint density at radius 2 is 2.05 bits per heavy atom. The first-order valence-electron chi connectivity index (χ1n) is 7.56. The Labute approximate surface area is 114 Å². The highest BCUT2D eigenvalue weighted by Crippen LogP contribution is 2.23. The number of hydrogen-bond acceptors (Lipinski definition) is 5. The maximum atomic E-state index is 5.72. The van der Waals surface area contributed by atoms with Gasteiger partial charge >= 0.3 is 0 Å². The molecule has 0 spiro atoms. The lowest BCUT2D eigenvalue weighted by Crippen LogP contribution is -2.27. The summed E-state index contributed by atoms with van der Waals surface area (Å²) in [4.78, 5) is 4.56. The second-order valence-corrected chi connectivity index (χ2v) is 5.60. The molecule has 1 atom stereocenters. The Kier molecular flexibility index (Phi) is 4.45. The fraction of sp³-hybridized carbons (Fsp3) is 0.857. The Bertz CT molecular complexity index is 382. The molecule has 0 saturated carbocycles. The highest BCUT2D eigenvalue weighted by molar-refractivity contribution is 4.97. The second kappa shape index (κ2) is 6.48. The zero-order chi connectivity index (χ0) is 12.9. The van der Waals surface area contributed by atoms with Crippen LogP contribution in [0.3, 0.4) is 0 Å². The van der Waals surface area contributed by atoms with Crippen LogP contribution in [0, 0.1) is 0 Å². The lowest BCUT2D eigenvalue weighted by molar-refractivity contribution is 0.0104. The summed E-state index contributed by atoms with van der Waals surface area (Å²) in [6.45, 7) is 3.03. The molecule has 106 valence electrons. The largest absolute Gasteiger partial charge is 0.378 e. The van der Waals surface area contributed by atoms with Crippen molar-refractivity contribution in [2.24, 2.45) is 0 Å². The Hall–Kier alpha value is -0.940. The van der Waals surface area contributed by atoms with Gasteiger partial charge in [-0.2, -0.15) is 4.98 Å². The number of piperidine rings is 1. The van der Waals surface area contributed by atoms with E-state index in [4.69, 9.17) is 9.26 Å². The molecule has 19 heavy (non-hydrogen) atoms. The number of nitrogens with one attached hydrogen (secondary N) is 1. The van der Waals surface area contributed by atoms with E-state index in [0.29, 0.717) is 12.0 Å². The molecule has 1 N–H and O–H groups in total. The maximum absolute atomic E-state index is 5.72. The summed E-state index contributed by atoms with van der Waals surface area (Å²) in [7, 11) is 0. The van der Waals surface area contributed by atoms with Gasteiger partial charge in [-0.3, -0.25) is 0 Å². The third-order valence-electron chi connectivity index (χ3n) is 4.14. The molecule has 2 aliphatic rings. The Balaban J connectivity index is 1.49. The molecule has 2 aliphatic heterocycles. The van der Waals surface area contributed by atoms with E-state index in [1.54, 1.807) is 0 Å². The van der Waals surface area contributed by atoms with E-state index in [0.717, 1.165) is 57.1 Å². The Morgan fingerprint density at radius 1 is 1.16 bits per heavy atom. The minimum Gasteiger partial charge on any atom is -0.378 e. The predicted octanol–water partition coefficient (Wildman–Crippen LogP) is 2.04. The van der Waals surface area contributed by atoms with Crippen molar-refractivity contribution in [3.8, 4) is 0 Å². The van der Waals surface area contributed by atoms with Crippen LogP contribution in [-0.4, -0.2) is 35.9 Å². The first-order valence-corrected chi connectivity index (χ1v) is 7.56. The summed E-state index contributed by atoms with van der Waals surface area (Å²) in [6.07, 6.45) is 8.15. The maximum Gasteiger partial charge on any atom is 0.226 e. The summed E-state index contributed by atoms with van der Waals surface area (Å²) >= 11 is 0. The van der Waals surface area contributed by atoms with E-state index in [9.17, 15) is 0 Å². The smallest absolute Gasteiger partial charge is 0.226 e. The third-order valence-corrected chi connectivity index (χ3v) is 4.14. The van der Waals surface area contributed by atoms with Gasteiger partial charge in [-0.25, -0.2) is 0 Å². The van der Waals surface area contributed by atoms with Crippen LogP contribution in [0.1, 0.15) is 56.2 Å². The summed E-state index contributed by atoms with van der Waals surface area (Å²) < 4.78 is 11.1. The molecule has 0 aromatic carbocycles. The average molecular weight is 265 g/mol. The molecule has 1 aromatic heterocycles. The summed E-state index contributed by atoms with van der Waals surface area (Å²) in [5, 5.41) is 7.51. The van der Waals surface area contributed by atoms with Gasteiger partial charge in [-0.05, 0) is 51.6 Å². The molecule has 1 aromatic rings. The number of aromatic nitrogens is 2. The lowest BCUT2D eigenvalue weighted by Gasteiger charge is -2.21. The fourth-order valence-corrected chi connectivity index (χ4v) is 2.94. The summed E-state index contributed by atoms with van der Waals surface area (Å²) in [6, 6.07) is 0. The minimum absolute atomic E-state index is 0.392. The molecule has 1 unspecified atom stereocenters. The SMILES string of the molecule is C1CCC(CCc2nc(C3CCNCC3)no2)OC1. The number of nitrogens with zero attached hydrogens (tertiary/aromatic N) is 2. The van der Waals surface area contributed by atoms with Crippen LogP contribution in [0.5, 0.6) is 0 Å². The summed E-state index contributed by atoms with van der Waals surface area (Å²) in [5.74, 6) is 2.16. The first-order chi connectivity index (χ1) is 9.42. The van der Waals surface area contributed by atoms with Crippen LogP contribution in [0.4, 0.5) is 0 Å². The Morgan fingerprint density at radius 3 is 2.84 bits per heavy atom. The molecule has 3 heterocycles. The quantitative estimate of drug-likeness (QED) is 0.902. The standard InChI is InChI=1S/C14H23N3O2/c1-2-10-18-12(3-1)4-5-13-16-14(17-19-13)11-6-8-15-9-7-11/h11-12,15H,1-10H2. The van der Waals surface area contributed by atoms with Gasteiger partial charge in [-0.1, -0.05) is 5.16 Å². The molecule has 2 fully saturated rings. The molecule has 5 heteroatoms. The number of ether oxygens (including phenoxy) is 1. The van der Waals surface area contributed by atoms with Gasteiger partial charge in [-0.15, -0.1) is 0 Å². The van der Waals surface area contributed by atoms with Crippen molar-refractivity contribution in [3.63, 3.8) is 0 Å². The highest BCUT2D eigenvalue weighted by atomic mass is 16.5. The van der Waals surface area contributed by atoms with Crippen molar-refractivity contribution in [2.75, 3.05) is 19.7 Å². The van der Waals surface area contributed by atoms with E-state index in [1.807, 2.05) is 0 Å². The molecule has 0 bridgehead atoms. The van der Waals surface area contributed by atoms with Gasteiger partial charge in [0.1, 0.15) is 0 Å². The van der Waals surface area contributed by atoms with Crippen LogP contribution < -0.4 is 5.32 Å². The van der Waals surface area contributed by atoms with Crippen LogP contribution in [0.25, 0.3) is 0 Å². The number of rotatable bonds is 4. The van der Waals surface area contributed by atoms with Crippen molar-refractivity contribution in [1.82, 2.24) is 15.5 Å². The lowest BCUT2D eigenvalue weighted by atomic mass is 9.98. The minimum atomic E-state index is 0.392. The molecule has 0 amide bonds. The highest BCUT2D eigenvalue weighted by Gasteiger charge is 2.21. The average Bonchev–Trinajstić information content (AvgIpc) is 2.96. The van der Waals surface area contributed by atoms with Crippen LogP contribution >= 0.6 is 0 Å². The third kappa shape index (κ3) is 3.54. The van der Waals surface area contributed by atoms with Crippen molar-refractivity contribution in [2.45, 2.75) is 57.0 Å². The van der Waals surface area contributed by atoms with Gasteiger partial charge in [0.2, 0.25) is 5.89 Å². The summed E-state index contributed by atoms with van der Waals surface area (Å²) in [5.41, 5.74) is 0. The van der Waals surface area contributed by atoms with E-state index < -0.39 is 0 Å². The molecular weight excluding hydrogens is 242 g/mol. The zero-order valence-electron chi connectivity index (χ0n) is 11.4. The van der Waals surface area contributed by atoms with Gasteiger partial charge in [0, 0.05) is 18.9 Å². The van der Waals surface area contributed by atoms with Crippen molar-refractivity contribution in [3.05, 3.63) is 11.7 Å². The van der Waals surface area contributed by atoms with Gasteiger partial charge in [0.05, 0.1) is 6.10 Å². The predicted molar refractivity (Wildman–Crippen MR) is 71.1 cm³/mol. The van der Waals surface area contributed by atoms with Crippen molar-refractivity contribution in [1.29, 1.82) is 0 Å².